The summed E-state index contributed by atoms with van der Waals surface area (Å²) < 4.78 is 18.7. The summed E-state index contributed by atoms with van der Waals surface area (Å²) in [6, 6.07) is 10.0. The van der Waals surface area contributed by atoms with Gasteiger partial charge in [-0.05, 0) is 12.1 Å². The standard InChI is InChI=1S/C13H9ClFNO3/c14-10-5-6-12(16(17)18)13(7-10)19-8-9-3-1-2-4-11(9)15/h1-7H,8H2. The van der Waals surface area contributed by atoms with Crippen molar-refractivity contribution in [2.24, 2.45) is 0 Å². The molecular formula is C13H9ClFNO3. The monoisotopic (exact) mass is 281 g/mol. The highest BCUT2D eigenvalue weighted by molar-refractivity contribution is 6.30. The van der Waals surface area contributed by atoms with Gasteiger partial charge in [-0.2, -0.15) is 0 Å². The zero-order chi connectivity index (χ0) is 13.8. The number of nitro groups is 1. The minimum absolute atomic E-state index is 0.0146. The lowest BCUT2D eigenvalue weighted by Crippen LogP contribution is -2.00. The topological polar surface area (TPSA) is 52.4 Å². The summed E-state index contributed by atoms with van der Waals surface area (Å²) in [5.74, 6) is -0.409. The van der Waals surface area contributed by atoms with Gasteiger partial charge < -0.3 is 4.74 Å². The van der Waals surface area contributed by atoms with Crippen LogP contribution in [0, 0.1) is 15.9 Å². The SMILES string of the molecule is O=[N+]([O-])c1ccc(Cl)cc1OCc1ccccc1F. The Bertz CT molecular complexity index is 619. The number of benzene rings is 2. The third-order valence-electron chi connectivity index (χ3n) is 2.46. The molecule has 2 aromatic rings. The number of nitro benzene ring substituents is 1. The van der Waals surface area contributed by atoms with E-state index in [1.54, 1.807) is 18.2 Å². The van der Waals surface area contributed by atoms with Gasteiger partial charge in [0.05, 0.1) is 4.92 Å². The molecule has 2 rings (SSSR count). The molecule has 0 atom stereocenters. The van der Waals surface area contributed by atoms with E-state index < -0.39 is 10.7 Å². The lowest BCUT2D eigenvalue weighted by Gasteiger charge is -2.07. The van der Waals surface area contributed by atoms with Gasteiger partial charge in [-0.3, -0.25) is 10.1 Å². The Morgan fingerprint density at radius 2 is 2.00 bits per heavy atom. The molecule has 0 radical (unpaired) electrons. The van der Waals surface area contributed by atoms with Gasteiger partial charge in [0.2, 0.25) is 0 Å². The van der Waals surface area contributed by atoms with Crippen LogP contribution in [-0.2, 0) is 6.61 Å². The number of hydrogen-bond acceptors (Lipinski definition) is 3. The molecule has 0 aliphatic heterocycles. The van der Waals surface area contributed by atoms with Crippen molar-refractivity contribution >= 4 is 17.3 Å². The summed E-state index contributed by atoms with van der Waals surface area (Å²) in [6.45, 7) is -0.103. The van der Waals surface area contributed by atoms with Crippen molar-refractivity contribution in [2.75, 3.05) is 0 Å². The average Bonchev–Trinajstić information content (AvgIpc) is 2.37. The van der Waals surface area contributed by atoms with Gasteiger partial charge in [0.15, 0.2) is 5.75 Å². The molecule has 0 heterocycles. The fourth-order valence-electron chi connectivity index (χ4n) is 1.53. The first-order valence-corrected chi connectivity index (χ1v) is 5.76. The Morgan fingerprint density at radius 1 is 1.26 bits per heavy atom. The summed E-state index contributed by atoms with van der Waals surface area (Å²) in [6.07, 6.45) is 0. The van der Waals surface area contributed by atoms with E-state index >= 15 is 0 Å². The largest absolute Gasteiger partial charge is 0.482 e. The van der Waals surface area contributed by atoms with Crippen LogP contribution >= 0.6 is 11.6 Å². The maximum atomic E-state index is 13.4. The quantitative estimate of drug-likeness (QED) is 0.629. The van der Waals surface area contributed by atoms with Crippen LogP contribution in [0.5, 0.6) is 5.75 Å². The van der Waals surface area contributed by atoms with Crippen molar-refractivity contribution in [1.29, 1.82) is 0 Å². The normalized spacial score (nSPS) is 10.2. The van der Waals surface area contributed by atoms with Gasteiger partial charge >= 0.3 is 5.69 Å². The van der Waals surface area contributed by atoms with Crippen LogP contribution in [0.4, 0.5) is 10.1 Å². The minimum atomic E-state index is -0.576. The highest BCUT2D eigenvalue weighted by Crippen LogP contribution is 2.30. The highest BCUT2D eigenvalue weighted by atomic mass is 35.5. The van der Waals surface area contributed by atoms with Crippen molar-refractivity contribution < 1.29 is 14.1 Å². The van der Waals surface area contributed by atoms with Gasteiger partial charge in [-0.1, -0.05) is 29.8 Å². The first kappa shape index (κ1) is 13.3. The van der Waals surface area contributed by atoms with Gasteiger partial charge in [-0.25, -0.2) is 4.39 Å². The molecule has 19 heavy (non-hydrogen) atoms. The molecule has 6 heteroatoms. The molecule has 0 unspecified atom stereocenters. The Labute approximate surface area is 113 Å². The van der Waals surface area contributed by atoms with Crippen LogP contribution in [0.25, 0.3) is 0 Å². The summed E-state index contributed by atoms with van der Waals surface area (Å²) in [5.41, 5.74) is 0.109. The van der Waals surface area contributed by atoms with Gasteiger partial charge in [0, 0.05) is 22.7 Å². The summed E-state index contributed by atoms with van der Waals surface area (Å²) in [5, 5.41) is 11.1. The molecule has 0 aliphatic carbocycles. The molecule has 0 N–H and O–H groups in total. The van der Waals surface area contributed by atoms with Crippen molar-refractivity contribution in [2.45, 2.75) is 6.61 Å². The van der Waals surface area contributed by atoms with E-state index in [1.807, 2.05) is 0 Å². The first-order valence-electron chi connectivity index (χ1n) is 5.38. The van der Waals surface area contributed by atoms with Gasteiger partial charge in [0.1, 0.15) is 12.4 Å². The Kier molecular flexibility index (Phi) is 3.97. The summed E-state index contributed by atoms with van der Waals surface area (Å²) in [4.78, 5) is 10.2. The van der Waals surface area contributed by atoms with Crippen LogP contribution in [0.15, 0.2) is 42.5 Å². The minimum Gasteiger partial charge on any atom is -0.482 e. The second kappa shape index (κ2) is 5.67. The Morgan fingerprint density at radius 3 is 2.68 bits per heavy atom. The smallest absolute Gasteiger partial charge is 0.311 e. The van der Waals surface area contributed by atoms with Crippen LogP contribution in [0.2, 0.25) is 5.02 Å². The molecule has 0 amide bonds. The van der Waals surface area contributed by atoms with Crippen molar-refractivity contribution in [3.8, 4) is 5.75 Å². The highest BCUT2D eigenvalue weighted by Gasteiger charge is 2.15. The van der Waals surface area contributed by atoms with E-state index in [0.717, 1.165) is 0 Å². The van der Waals surface area contributed by atoms with Gasteiger partial charge in [-0.15, -0.1) is 0 Å². The number of rotatable bonds is 4. The van der Waals surface area contributed by atoms with Crippen LogP contribution < -0.4 is 4.74 Å². The molecule has 0 bridgehead atoms. The average molecular weight is 282 g/mol. The van der Waals surface area contributed by atoms with Crippen molar-refractivity contribution in [3.05, 3.63) is 69.0 Å². The number of ether oxygens (including phenoxy) is 1. The second-order valence-electron chi connectivity index (χ2n) is 3.75. The van der Waals surface area contributed by atoms with E-state index in [4.69, 9.17) is 16.3 Å². The van der Waals surface area contributed by atoms with E-state index in [9.17, 15) is 14.5 Å². The third kappa shape index (κ3) is 3.20. The molecule has 0 spiro atoms. The molecule has 0 fully saturated rings. The van der Waals surface area contributed by atoms with Crippen LogP contribution in [-0.4, -0.2) is 4.92 Å². The summed E-state index contributed by atoms with van der Waals surface area (Å²) >= 11 is 5.76. The molecule has 0 aliphatic rings. The fourth-order valence-corrected chi connectivity index (χ4v) is 1.69. The Hall–Kier alpha value is -2.14. The van der Waals surface area contributed by atoms with Gasteiger partial charge in [0.25, 0.3) is 0 Å². The molecule has 0 aromatic heterocycles. The lowest BCUT2D eigenvalue weighted by atomic mass is 10.2. The van der Waals surface area contributed by atoms with Crippen LogP contribution in [0.1, 0.15) is 5.56 Å². The van der Waals surface area contributed by atoms with E-state index in [1.165, 1.54) is 24.3 Å². The molecule has 0 saturated carbocycles. The van der Waals surface area contributed by atoms with Crippen molar-refractivity contribution in [3.63, 3.8) is 0 Å². The van der Waals surface area contributed by atoms with Crippen molar-refractivity contribution in [1.82, 2.24) is 0 Å². The molecular weight excluding hydrogens is 273 g/mol. The van der Waals surface area contributed by atoms with E-state index in [2.05, 4.69) is 0 Å². The summed E-state index contributed by atoms with van der Waals surface area (Å²) in [7, 11) is 0. The molecule has 4 nitrogen and oxygen atoms in total. The third-order valence-corrected chi connectivity index (χ3v) is 2.69. The maximum absolute atomic E-state index is 13.4. The number of hydrogen-bond donors (Lipinski definition) is 0. The Balaban J connectivity index is 2.22. The zero-order valence-corrected chi connectivity index (χ0v) is 10.4. The lowest BCUT2D eigenvalue weighted by molar-refractivity contribution is -0.385. The number of halogens is 2. The molecule has 98 valence electrons. The molecule has 2 aromatic carbocycles. The fraction of sp³-hybridized carbons (Fsp3) is 0.0769. The second-order valence-corrected chi connectivity index (χ2v) is 4.19. The molecule has 0 saturated heterocycles. The van der Waals surface area contributed by atoms with E-state index in [0.29, 0.717) is 10.6 Å². The predicted octanol–water partition coefficient (Wildman–Crippen LogP) is 3.97. The number of nitrogens with zero attached hydrogens (tertiary/aromatic N) is 1. The zero-order valence-electron chi connectivity index (χ0n) is 9.68. The first-order chi connectivity index (χ1) is 9.08. The predicted molar refractivity (Wildman–Crippen MR) is 68.8 cm³/mol. The van der Waals surface area contributed by atoms with E-state index in [-0.39, 0.29) is 18.0 Å². The van der Waals surface area contributed by atoms with Crippen LogP contribution in [0.3, 0.4) is 0 Å². The maximum Gasteiger partial charge on any atom is 0.311 e.